The Morgan fingerprint density at radius 3 is 2.65 bits per heavy atom. The van der Waals surface area contributed by atoms with E-state index in [2.05, 4.69) is 6.08 Å². The van der Waals surface area contributed by atoms with Crippen LogP contribution in [0.1, 0.15) is 33.6 Å². The first-order valence-electron chi connectivity index (χ1n) is 7.50. The molecule has 2 aromatic rings. The quantitative estimate of drug-likeness (QED) is 0.270. The maximum Gasteiger partial charge on any atom is 0.336 e. The maximum absolute atomic E-state index is 11.9. The molecule has 4 nitrogen and oxygen atoms in total. The minimum absolute atomic E-state index is 0.352. The van der Waals surface area contributed by atoms with Crippen LogP contribution >= 0.6 is 0 Å². The summed E-state index contributed by atoms with van der Waals surface area (Å²) in [5.74, 6) is -0.0810. The molecule has 0 aliphatic heterocycles. The number of benzene rings is 1. The summed E-state index contributed by atoms with van der Waals surface area (Å²) in [5.41, 5.74) is 2.18. The topological polar surface area (TPSA) is 56.5 Å². The molecular formula is C19H20O4. The molecule has 0 saturated heterocycles. The molecule has 0 saturated carbocycles. The Kier molecular flexibility index (Phi) is 5.52. The molecule has 0 spiro atoms. The predicted molar refractivity (Wildman–Crippen MR) is 90.5 cm³/mol. The summed E-state index contributed by atoms with van der Waals surface area (Å²) >= 11 is 0. The largest absolute Gasteiger partial charge is 0.423 e. The van der Waals surface area contributed by atoms with Crippen LogP contribution in [0.3, 0.4) is 0 Å². The zero-order chi connectivity index (χ0) is 16.8. The van der Waals surface area contributed by atoms with Crippen LogP contribution in [0.25, 0.3) is 11.0 Å². The second-order valence-corrected chi connectivity index (χ2v) is 5.69. The number of ether oxygens (including phenoxy) is 1. The molecule has 1 aromatic carbocycles. The van der Waals surface area contributed by atoms with Gasteiger partial charge < -0.3 is 9.15 Å². The van der Waals surface area contributed by atoms with Gasteiger partial charge in [-0.2, -0.15) is 0 Å². The van der Waals surface area contributed by atoms with Crippen molar-refractivity contribution in [2.45, 2.75) is 33.6 Å². The van der Waals surface area contributed by atoms with E-state index in [4.69, 9.17) is 9.15 Å². The lowest BCUT2D eigenvalue weighted by Crippen LogP contribution is -2.05. The number of rotatable bonds is 5. The maximum atomic E-state index is 11.9. The van der Waals surface area contributed by atoms with E-state index in [1.165, 1.54) is 17.7 Å². The number of allylic oxidation sites excluding steroid dienone is 3. The lowest BCUT2D eigenvalue weighted by molar-refractivity contribution is -0.129. The number of fused-ring (bicyclic) bond motifs is 1. The number of carbonyl (C=O) groups is 1. The predicted octanol–water partition coefficient (Wildman–Crippen LogP) is 4.39. The third-order valence-electron chi connectivity index (χ3n) is 3.27. The average Bonchev–Trinajstić information content (AvgIpc) is 2.46. The van der Waals surface area contributed by atoms with Crippen molar-refractivity contribution in [3.8, 4) is 5.75 Å². The first-order chi connectivity index (χ1) is 10.9. The van der Waals surface area contributed by atoms with Crippen LogP contribution in [0.5, 0.6) is 5.75 Å². The molecule has 2 rings (SSSR count). The standard InChI is InChI=1S/C19H20O4/c1-13(2)5-4-6-14(3)11-19(21)22-16-9-7-15-8-10-18(20)23-17(15)12-16/h5,7-12H,4,6H2,1-3H3/b14-11+. The van der Waals surface area contributed by atoms with Crippen LogP contribution in [0, 0.1) is 0 Å². The summed E-state index contributed by atoms with van der Waals surface area (Å²) in [4.78, 5) is 23.1. The molecule has 0 unspecified atom stereocenters. The van der Waals surface area contributed by atoms with Crippen LogP contribution < -0.4 is 10.4 Å². The van der Waals surface area contributed by atoms with Gasteiger partial charge in [0.25, 0.3) is 0 Å². The summed E-state index contributed by atoms with van der Waals surface area (Å²) in [6.45, 7) is 6.00. The molecular weight excluding hydrogens is 292 g/mol. The number of hydrogen-bond acceptors (Lipinski definition) is 4. The summed E-state index contributed by atoms with van der Waals surface area (Å²) in [7, 11) is 0. The molecule has 0 fully saturated rings. The monoisotopic (exact) mass is 312 g/mol. The highest BCUT2D eigenvalue weighted by Crippen LogP contribution is 2.20. The molecule has 23 heavy (non-hydrogen) atoms. The smallest absolute Gasteiger partial charge is 0.336 e. The van der Waals surface area contributed by atoms with E-state index in [0.717, 1.165) is 23.8 Å². The van der Waals surface area contributed by atoms with E-state index < -0.39 is 11.6 Å². The van der Waals surface area contributed by atoms with E-state index in [1.54, 1.807) is 24.3 Å². The zero-order valence-corrected chi connectivity index (χ0v) is 13.6. The molecule has 0 aliphatic carbocycles. The molecule has 1 aromatic heterocycles. The molecule has 0 N–H and O–H groups in total. The number of carbonyl (C=O) groups excluding carboxylic acids is 1. The fraction of sp³-hybridized carbons (Fsp3) is 0.263. The Bertz CT molecular complexity index is 821. The van der Waals surface area contributed by atoms with Crippen molar-refractivity contribution < 1.29 is 13.9 Å². The highest BCUT2D eigenvalue weighted by Gasteiger charge is 2.05. The van der Waals surface area contributed by atoms with Crippen LogP contribution in [0.15, 0.2) is 62.8 Å². The minimum Gasteiger partial charge on any atom is -0.423 e. The normalized spacial score (nSPS) is 11.3. The van der Waals surface area contributed by atoms with E-state index in [0.29, 0.717) is 11.3 Å². The van der Waals surface area contributed by atoms with Gasteiger partial charge in [0.1, 0.15) is 11.3 Å². The third-order valence-corrected chi connectivity index (χ3v) is 3.27. The SMILES string of the molecule is CC(C)=CCC/C(C)=C/C(=O)Oc1ccc2ccc(=O)oc2c1. The fourth-order valence-corrected chi connectivity index (χ4v) is 2.11. The Hall–Kier alpha value is -2.62. The van der Waals surface area contributed by atoms with Gasteiger partial charge in [0.2, 0.25) is 0 Å². The second-order valence-electron chi connectivity index (χ2n) is 5.69. The van der Waals surface area contributed by atoms with Gasteiger partial charge in [-0.1, -0.05) is 17.2 Å². The molecule has 0 aliphatic rings. The number of hydrogen-bond donors (Lipinski definition) is 0. The third kappa shape index (κ3) is 5.25. The molecule has 4 heteroatoms. The Morgan fingerprint density at radius 2 is 1.91 bits per heavy atom. The van der Waals surface area contributed by atoms with Gasteiger partial charge in [-0.05, 0) is 51.8 Å². The zero-order valence-electron chi connectivity index (χ0n) is 13.6. The van der Waals surface area contributed by atoms with Gasteiger partial charge in [0, 0.05) is 23.6 Å². The Morgan fingerprint density at radius 1 is 1.17 bits per heavy atom. The summed E-state index contributed by atoms with van der Waals surface area (Å²) < 4.78 is 10.3. The summed E-state index contributed by atoms with van der Waals surface area (Å²) in [6, 6.07) is 7.98. The molecule has 0 atom stereocenters. The highest BCUT2D eigenvalue weighted by molar-refractivity contribution is 5.86. The Labute approximate surface area is 135 Å². The number of esters is 1. The van der Waals surface area contributed by atoms with Crippen molar-refractivity contribution in [1.82, 2.24) is 0 Å². The van der Waals surface area contributed by atoms with Gasteiger partial charge in [0.15, 0.2) is 0 Å². The van der Waals surface area contributed by atoms with E-state index in [1.807, 2.05) is 20.8 Å². The fourth-order valence-electron chi connectivity index (χ4n) is 2.11. The van der Waals surface area contributed by atoms with Gasteiger partial charge in [-0.25, -0.2) is 9.59 Å². The molecule has 120 valence electrons. The van der Waals surface area contributed by atoms with Crippen molar-refractivity contribution in [2.24, 2.45) is 0 Å². The van der Waals surface area contributed by atoms with Crippen LogP contribution in [-0.2, 0) is 4.79 Å². The van der Waals surface area contributed by atoms with E-state index in [-0.39, 0.29) is 0 Å². The van der Waals surface area contributed by atoms with Crippen LogP contribution in [0.4, 0.5) is 0 Å². The van der Waals surface area contributed by atoms with Crippen molar-refractivity contribution in [2.75, 3.05) is 0 Å². The first-order valence-corrected chi connectivity index (χ1v) is 7.50. The average molecular weight is 312 g/mol. The summed E-state index contributed by atoms with van der Waals surface area (Å²) in [6.07, 6.45) is 5.34. The van der Waals surface area contributed by atoms with Crippen molar-refractivity contribution in [1.29, 1.82) is 0 Å². The lowest BCUT2D eigenvalue weighted by atomic mass is 10.1. The first kappa shape index (κ1) is 16.7. The molecule has 0 radical (unpaired) electrons. The van der Waals surface area contributed by atoms with Crippen molar-refractivity contribution >= 4 is 16.9 Å². The van der Waals surface area contributed by atoms with Gasteiger partial charge in [0.05, 0.1) is 0 Å². The highest BCUT2D eigenvalue weighted by atomic mass is 16.5. The van der Waals surface area contributed by atoms with Gasteiger partial charge in [-0.15, -0.1) is 0 Å². The summed E-state index contributed by atoms with van der Waals surface area (Å²) in [5, 5.41) is 0.776. The van der Waals surface area contributed by atoms with Crippen LogP contribution in [-0.4, -0.2) is 5.97 Å². The second kappa shape index (κ2) is 7.58. The van der Waals surface area contributed by atoms with Crippen molar-refractivity contribution in [3.05, 3.63) is 64.1 Å². The lowest BCUT2D eigenvalue weighted by Gasteiger charge is -2.04. The van der Waals surface area contributed by atoms with Gasteiger partial charge in [-0.3, -0.25) is 0 Å². The molecule has 0 amide bonds. The van der Waals surface area contributed by atoms with E-state index >= 15 is 0 Å². The molecule has 0 bridgehead atoms. The molecule has 1 heterocycles. The van der Waals surface area contributed by atoms with E-state index in [9.17, 15) is 9.59 Å². The van der Waals surface area contributed by atoms with Crippen molar-refractivity contribution in [3.63, 3.8) is 0 Å². The Balaban J connectivity index is 2.05. The van der Waals surface area contributed by atoms with Gasteiger partial charge >= 0.3 is 11.6 Å². The minimum atomic E-state index is -0.434. The van der Waals surface area contributed by atoms with Crippen LogP contribution in [0.2, 0.25) is 0 Å².